The van der Waals surface area contributed by atoms with Crippen molar-refractivity contribution in [2.24, 2.45) is 0 Å². The van der Waals surface area contributed by atoms with E-state index < -0.39 is 10.0 Å². The standard InChI is InChI=1S/C20H27N5O4S/c1-28-17-6-5-16(15-18(17)29-2)30(26,27)25-13-11-24(12-14-25)20-8-7-19(21-22-20)23-9-3-4-10-23/h5-8,15H,3-4,9-14H2,1-2H3. The van der Waals surface area contributed by atoms with E-state index in [-0.39, 0.29) is 4.90 Å². The Morgan fingerprint density at radius 2 is 1.33 bits per heavy atom. The van der Waals surface area contributed by atoms with Crippen LogP contribution in [0.15, 0.2) is 35.2 Å². The average Bonchev–Trinajstić information content (AvgIpc) is 3.34. The largest absolute Gasteiger partial charge is 0.493 e. The van der Waals surface area contributed by atoms with Crippen molar-refractivity contribution >= 4 is 21.7 Å². The summed E-state index contributed by atoms with van der Waals surface area (Å²) < 4.78 is 38.1. The van der Waals surface area contributed by atoms with Crippen LogP contribution in [-0.2, 0) is 10.0 Å². The zero-order valence-electron chi connectivity index (χ0n) is 17.3. The summed E-state index contributed by atoms with van der Waals surface area (Å²) in [7, 11) is -0.606. The zero-order valence-corrected chi connectivity index (χ0v) is 18.1. The van der Waals surface area contributed by atoms with Gasteiger partial charge < -0.3 is 19.3 Å². The van der Waals surface area contributed by atoms with Crippen molar-refractivity contribution in [1.29, 1.82) is 0 Å². The second kappa shape index (κ2) is 8.65. The topological polar surface area (TPSA) is 88.1 Å². The number of aromatic nitrogens is 2. The van der Waals surface area contributed by atoms with Crippen molar-refractivity contribution in [3.05, 3.63) is 30.3 Å². The summed E-state index contributed by atoms with van der Waals surface area (Å²) in [6.45, 7) is 3.94. The van der Waals surface area contributed by atoms with Crippen LogP contribution >= 0.6 is 0 Å². The molecule has 9 nitrogen and oxygen atoms in total. The van der Waals surface area contributed by atoms with Gasteiger partial charge in [0.1, 0.15) is 0 Å². The van der Waals surface area contributed by atoms with Gasteiger partial charge in [-0.05, 0) is 37.1 Å². The predicted molar refractivity (Wildman–Crippen MR) is 114 cm³/mol. The first-order chi connectivity index (χ1) is 14.5. The van der Waals surface area contributed by atoms with Gasteiger partial charge in [-0.2, -0.15) is 4.31 Å². The first-order valence-corrected chi connectivity index (χ1v) is 11.5. The van der Waals surface area contributed by atoms with Crippen LogP contribution in [0.1, 0.15) is 12.8 Å². The molecule has 3 heterocycles. The first kappa shape index (κ1) is 20.7. The van der Waals surface area contributed by atoms with Gasteiger partial charge in [-0.3, -0.25) is 0 Å². The van der Waals surface area contributed by atoms with Crippen molar-refractivity contribution in [1.82, 2.24) is 14.5 Å². The molecule has 0 unspecified atom stereocenters. The third-order valence-corrected chi connectivity index (χ3v) is 7.52. The Hall–Kier alpha value is -2.59. The number of ether oxygens (including phenoxy) is 2. The van der Waals surface area contributed by atoms with E-state index in [1.54, 1.807) is 12.1 Å². The Kier molecular flexibility index (Phi) is 5.96. The van der Waals surface area contributed by atoms with E-state index in [1.165, 1.54) is 37.4 Å². The molecule has 1 aromatic heterocycles. The lowest BCUT2D eigenvalue weighted by Gasteiger charge is -2.34. The molecule has 2 fully saturated rings. The maximum atomic E-state index is 13.1. The molecule has 0 saturated carbocycles. The van der Waals surface area contributed by atoms with Gasteiger partial charge in [0.25, 0.3) is 0 Å². The molecule has 2 aliphatic heterocycles. The van der Waals surface area contributed by atoms with E-state index in [1.807, 2.05) is 12.1 Å². The number of piperazine rings is 1. The Bertz CT molecular complexity index is 969. The van der Waals surface area contributed by atoms with Crippen molar-refractivity contribution in [3.63, 3.8) is 0 Å². The van der Waals surface area contributed by atoms with Crippen molar-refractivity contribution < 1.29 is 17.9 Å². The lowest BCUT2D eigenvalue weighted by atomic mass is 10.3. The number of rotatable bonds is 6. The van der Waals surface area contributed by atoms with Gasteiger partial charge in [-0.25, -0.2) is 8.42 Å². The number of hydrogen-bond acceptors (Lipinski definition) is 8. The van der Waals surface area contributed by atoms with Crippen molar-refractivity contribution in [2.75, 3.05) is 63.3 Å². The number of anilines is 2. The number of sulfonamides is 1. The summed E-state index contributed by atoms with van der Waals surface area (Å²) in [6.07, 6.45) is 2.39. The highest BCUT2D eigenvalue weighted by Crippen LogP contribution is 2.31. The fourth-order valence-corrected chi connectivity index (χ4v) is 5.32. The van der Waals surface area contributed by atoms with Crippen LogP contribution in [0.3, 0.4) is 0 Å². The zero-order chi connectivity index (χ0) is 21.1. The Morgan fingerprint density at radius 3 is 1.87 bits per heavy atom. The van der Waals surface area contributed by atoms with E-state index in [9.17, 15) is 8.42 Å². The molecule has 30 heavy (non-hydrogen) atoms. The minimum atomic E-state index is -3.61. The molecule has 2 aromatic rings. The first-order valence-electron chi connectivity index (χ1n) is 10.1. The molecule has 2 saturated heterocycles. The number of nitrogens with zero attached hydrogens (tertiary/aromatic N) is 5. The molecule has 4 rings (SSSR count). The SMILES string of the molecule is COc1ccc(S(=O)(=O)N2CCN(c3ccc(N4CCCC4)nn3)CC2)cc1OC. The van der Waals surface area contributed by atoms with Gasteiger partial charge in [0.15, 0.2) is 23.1 Å². The predicted octanol–water partition coefficient (Wildman–Crippen LogP) is 1.60. The van der Waals surface area contributed by atoms with Gasteiger partial charge in [-0.15, -0.1) is 10.2 Å². The molecular formula is C20H27N5O4S. The van der Waals surface area contributed by atoms with E-state index in [4.69, 9.17) is 9.47 Å². The Morgan fingerprint density at radius 1 is 0.767 bits per heavy atom. The quantitative estimate of drug-likeness (QED) is 0.679. The molecule has 2 aliphatic rings. The van der Waals surface area contributed by atoms with Gasteiger partial charge in [0, 0.05) is 45.3 Å². The van der Waals surface area contributed by atoms with Crippen LogP contribution in [0.4, 0.5) is 11.6 Å². The highest BCUT2D eigenvalue weighted by atomic mass is 32.2. The maximum Gasteiger partial charge on any atom is 0.243 e. The van der Waals surface area contributed by atoms with E-state index in [2.05, 4.69) is 20.0 Å². The van der Waals surface area contributed by atoms with Crippen LogP contribution < -0.4 is 19.3 Å². The highest BCUT2D eigenvalue weighted by Gasteiger charge is 2.30. The van der Waals surface area contributed by atoms with Crippen LogP contribution in [0.2, 0.25) is 0 Å². The van der Waals surface area contributed by atoms with Crippen LogP contribution in [0.5, 0.6) is 11.5 Å². The molecule has 10 heteroatoms. The molecule has 162 valence electrons. The second-order valence-corrected chi connectivity index (χ2v) is 9.29. The normalized spacial score (nSPS) is 17.9. The van der Waals surface area contributed by atoms with E-state index >= 15 is 0 Å². The molecule has 0 atom stereocenters. The van der Waals surface area contributed by atoms with E-state index in [0.29, 0.717) is 37.7 Å². The molecule has 0 bridgehead atoms. The summed E-state index contributed by atoms with van der Waals surface area (Å²) >= 11 is 0. The minimum Gasteiger partial charge on any atom is -0.493 e. The van der Waals surface area contributed by atoms with Gasteiger partial charge in [0.05, 0.1) is 19.1 Å². The maximum absolute atomic E-state index is 13.1. The molecule has 0 amide bonds. The molecule has 0 radical (unpaired) electrons. The summed E-state index contributed by atoms with van der Waals surface area (Å²) in [5.74, 6) is 2.58. The third kappa shape index (κ3) is 4.01. The average molecular weight is 434 g/mol. The summed E-state index contributed by atoms with van der Waals surface area (Å²) in [6, 6.07) is 8.63. The van der Waals surface area contributed by atoms with Gasteiger partial charge in [0.2, 0.25) is 10.0 Å². The summed E-state index contributed by atoms with van der Waals surface area (Å²) in [5, 5.41) is 8.73. The number of hydrogen-bond donors (Lipinski definition) is 0. The fourth-order valence-electron chi connectivity index (χ4n) is 3.89. The lowest BCUT2D eigenvalue weighted by molar-refractivity contribution is 0.353. The van der Waals surface area contributed by atoms with E-state index in [0.717, 1.165) is 24.7 Å². The van der Waals surface area contributed by atoms with Crippen molar-refractivity contribution in [3.8, 4) is 11.5 Å². The molecule has 0 aliphatic carbocycles. The monoisotopic (exact) mass is 433 g/mol. The second-order valence-electron chi connectivity index (χ2n) is 7.35. The molecule has 0 spiro atoms. The summed E-state index contributed by atoms with van der Waals surface area (Å²) in [5.41, 5.74) is 0. The van der Waals surface area contributed by atoms with Crippen LogP contribution in [-0.4, -0.2) is 76.4 Å². The summed E-state index contributed by atoms with van der Waals surface area (Å²) in [4.78, 5) is 4.51. The number of methoxy groups -OCH3 is 2. The Labute approximate surface area is 177 Å². The number of benzene rings is 1. The van der Waals surface area contributed by atoms with Crippen molar-refractivity contribution in [2.45, 2.75) is 17.7 Å². The molecule has 0 N–H and O–H groups in total. The van der Waals surface area contributed by atoms with Gasteiger partial charge >= 0.3 is 0 Å². The fraction of sp³-hybridized carbons (Fsp3) is 0.500. The third-order valence-electron chi connectivity index (χ3n) is 5.62. The smallest absolute Gasteiger partial charge is 0.243 e. The van der Waals surface area contributed by atoms with Gasteiger partial charge in [-0.1, -0.05) is 0 Å². The highest BCUT2D eigenvalue weighted by molar-refractivity contribution is 7.89. The van der Waals surface area contributed by atoms with Crippen LogP contribution in [0, 0.1) is 0 Å². The Balaban J connectivity index is 1.42. The minimum absolute atomic E-state index is 0.198. The molecular weight excluding hydrogens is 406 g/mol. The van der Waals surface area contributed by atoms with Crippen LogP contribution in [0.25, 0.3) is 0 Å². The lowest BCUT2D eigenvalue weighted by Crippen LogP contribution is -2.49. The molecule has 1 aromatic carbocycles.